The number of carbonyl (C=O) groups is 1. The van der Waals surface area contributed by atoms with E-state index in [0.717, 1.165) is 10.9 Å². The number of nitrogens with one attached hydrogen (secondary N) is 2. The van der Waals surface area contributed by atoms with Gasteiger partial charge in [-0.2, -0.15) is 0 Å². The number of anilines is 1. The number of fused-ring (bicyclic) bond motifs is 1. The van der Waals surface area contributed by atoms with Crippen LogP contribution in [-0.4, -0.2) is 31.8 Å². The molecule has 8 nitrogen and oxygen atoms in total. The molecule has 0 aliphatic carbocycles. The summed E-state index contributed by atoms with van der Waals surface area (Å²) in [5.74, 6) is -0.492. The molecule has 4 rings (SSSR count). The van der Waals surface area contributed by atoms with Gasteiger partial charge in [0, 0.05) is 54.7 Å². The second-order valence-electron chi connectivity index (χ2n) is 6.86. The van der Waals surface area contributed by atoms with Gasteiger partial charge < -0.3 is 14.9 Å². The normalized spacial score (nSPS) is 11.0. The Morgan fingerprint density at radius 1 is 1.30 bits per heavy atom. The SMILES string of the molecule is Cn1ccnc1C(=O)c1ccc(NCCc2c[nH]c3cc(F)ccc23)c([N+](=O)[O-])c1. The monoisotopic (exact) mass is 407 g/mol. The maximum Gasteiger partial charge on any atom is 0.293 e. The number of H-pyrrole nitrogens is 1. The average Bonchev–Trinajstić information content (AvgIpc) is 3.33. The van der Waals surface area contributed by atoms with E-state index >= 15 is 0 Å². The van der Waals surface area contributed by atoms with Gasteiger partial charge in [0.1, 0.15) is 11.5 Å². The van der Waals surface area contributed by atoms with Crippen LogP contribution in [0.2, 0.25) is 0 Å². The van der Waals surface area contributed by atoms with Crippen molar-refractivity contribution < 1.29 is 14.1 Å². The van der Waals surface area contributed by atoms with Gasteiger partial charge in [-0.1, -0.05) is 0 Å². The van der Waals surface area contributed by atoms with Crippen molar-refractivity contribution in [3.8, 4) is 0 Å². The lowest BCUT2D eigenvalue weighted by atomic mass is 10.1. The minimum absolute atomic E-state index is 0.184. The first kappa shape index (κ1) is 19.3. The molecule has 30 heavy (non-hydrogen) atoms. The molecule has 4 aromatic rings. The maximum atomic E-state index is 13.3. The molecule has 2 heterocycles. The number of hydrogen-bond acceptors (Lipinski definition) is 5. The third kappa shape index (κ3) is 3.64. The summed E-state index contributed by atoms with van der Waals surface area (Å²) < 4.78 is 14.9. The van der Waals surface area contributed by atoms with Gasteiger partial charge in [-0.25, -0.2) is 9.37 Å². The number of halogens is 1. The smallest absolute Gasteiger partial charge is 0.293 e. The summed E-state index contributed by atoms with van der Waals surface area (Å²) in [6, 6.07) is 8.86. The van der Waals surface area contributed by atoms with E-state index in [1.54, 1.807) is 36.1 Å². The molecule has 0 saturated heterocycles. The number of rotatable bonds is 7. The van der Waals surface area contributed by atoms with Crippen molar-refractivity contribution in [2.75, 3.05) is 11.9 Å². The fourth-order valence-electron chi connectivity index (χ4n) is 3.38. The molecule has 2 aromatic carbocycles. The van der Waals surface area contributed by atoms with E-state index in [2.05, 4.69) is 15.3 Å². The summed E-state index contributed by atoms with van der Waals surface area (Å²) in [6.07, 6.45) is 5.51. The van der Waals surface area contributed by atoms with Crippen molar-refractivity contribution in [1.82, 2.24) is 14.5 Å². The topological polar surface area (TPSA) is 106 Å². The quantitative estimate of drug-likeness (QED) is 0.275. The molecule has 9 heteroatoms. The molecule has 0 unspecified atom stereocenters. The van der Waals surface area contributed by atoms with Gasteiger partial charge in [0.25, 0.3) is 5.69 Å². The second kappa shape index (κ2) is 7.78. The van der Waals surface area contributed by atoms with E-state index in [-0.39, 0.29) is 28.7 Å². The van der Waals surface area contributed by atoms with Crippen molar-refractivity contribution in [2.45, 2.75) is 6.42 Å². The molecule has 0 spiro atoms. The highest BCUT2D eigenvalue weighted by Gasteiger charge is 2.20. The number of nitro groups is 1. The molecule has 2 N–H and O–H groups in total. The van der Waals surface area contributed by atoms with Gasteiger partial charge in [-0.15, -0.1) is 0 Å². The number of imidazole rings is 1. The molecule has 0 aliphatic rings. The van der Waals surface area contributed by atoms with Crippen LogP contribution in [0, 0.1) is 15.9 Å². The van der Waals surface area contributed by atoms with Gasteiger partial charge >= 0.3 is 0 Å². The first-order valence-electron chi connectivity index (χ1n) is 9.24. The second-order valence-corrected chi connectivity index (χ2v) is 6.86. The number of aromatic nitrogens is 3. The van der Waals surface area contributed by atoms with Crippen molar-refractivity contribution in [3.63, 3.8) is 0 Å². The van der Waals surface area contributed by atoms with Crippen LogP contribution in [0.1, 0.15) is 21.7 Å². The van der Waals surface area contributed by atoms with E-state index < -0.39 is 4.92 Å². The number of aryl methyl sites for hydroxylation is 1. The van der Waals surface area contributed by atoms with Crippen molar-refractivity contribution in [2.24, 2.45) is 7.05 Å². The summed E-state index contributed by atoms with van der Waals surface area (Å²) in [4.78, 5) is 30.6. The Morgan fingerprint density at radius 3 is 2.87 bits per heavy atom. The Kier molecular flexibility index (Phi) is 5.01. The number of benzene rings is 2. The number of nitrogens with zero attached hydrogens (tertiary/aromatic N) is 3. The van der Waals surface area contributed by atoms with E-state index in [9.17, 15) is 19.3 Å². The molecule has 2 aromatic heterocycles. The molecule has 0 saturated carbocycles. The molecule has 152 valence electrons. The van der Waals surface area contributed by atoms with Crippen LogP contribution in [0.15, 0.2) is 55.0 Å². The minimum atomic E-state index is -0.522. The fraction of sp³-hybridized carbons (Fsp3) is 0.143. The Labute approximate surface area is 170 Å². The lowest BCUT2D eigenvalue weighted by Crippen LogP contribution is -2.11. The van der Waals surface area contributed by atoms with E-state index in [1.807, 2.05) is 0 Å². The molecule has 0 aliphatic heterocycles. The third-order valence-electron chi connectivity index (χ3n) is 4.92. The van der Waals surface area contributed by atoms with Crippen LogP contribution < -0.4 is 5.32 Å². The Bertz CT molecular complexity index is 1260. The molecule has 0 bridgehead atoms. The van der Waals surface area contributed by atoms with Gasteiger partial charge in [0.2, 0.25) is 5.78 Å². The summed E-state index contributed by atoms with van der Waals surface area (Å²) in [5.41, 5.74) is 2.01. The summed E-state index contributed by atoms with van der Waals surface area (Å²) in [6.45, 7) is 0.428. The van der Waals surface area contributed by atoms with Crippen LogP contribution in [0.25, 0.3) is 10.9 Å². The first-order chi connectivity index (χ1) is 14.4. The fourth-order valence-corrected chi connectivity index (χ4v) is 3.38. The zero-order valence-corrected chi connectivity index (χ0v) is 16.1. The first-order valence-corrected chi connectivity index (χ1v) is 9.24. The van der Waals surface area contributed by atoms with Gasteiger partial charge in [-0.05, 0) is 42.3 Å². The van der Waals surface area contributed by atoms with E-state index in [1.165, 1.54) is 30.5 Å². The standard InChI is InChI=1S/C21H18FN5O3/c1-26-9-8-24-21(26)20(28)13-2-5-17(19(10-13)27(29)30)23-7-6-14-12-25-18-11-15(22)3-4-16(14)18/h2-5,8-12,23,25H,6-7H2,1H3. The third-order valence-corrected chi connectivity index (χ3v) is 4.92. The number of ketones is 1. The number of aromatic amines is 1. The Balaban J connectivity index is 1.51. The van der Waals surface area contributed by atoms with Crippen LogP contribution in [0.4, 0.5) is 15.8 Å². The molecule has 0 amide bonds. The summed E-state index contributed by atoms with van der Waals surface area (Å²) in [7, 11) is 1.68. The largest absolute Gasteiger partial charge is 0.379 e. The zero-order valence-electron chi connectivity index (χ0n) is 16.1. The minimum Gasteiger partial charge on any atom is -0.379 e. The molecule has 0 radical (unpaired) electrons. The predicted molar refractivity (Wildman–Crippen MR) is 110 cm³/mol. The molecule has 0 fully saturated rings. The van der Waals surface area contributed by atoms with Crippen molar-refractivity contribution >= 4 is 28.1 Å². The Hall–Kier alpha value is -4.01. The van der Waals surface area contributed by atoms with Crippen LogP contribution >= 0.6 is 0 Å². The van der Waals surface area contributed by atoms with Crippen molar-refractivity contribution in [3.05, 3.63) is 87.9 Å². The zero-order chi connectivity index (χ0) is 21.3. The number of carbonyl (C=O) groups excluding carboxylic acids is 1. The van der Waals surface area contributed by atoms with Gasteiger partial charge in [-0.3, -0.25) is 14.9 Å². The van der Waals surface area contributed by atoms with Gasteiger partial charge in [0.05, 0.1) is 4.92 Å². The Morgan fingerprint density at radius 2 is 2.13 bits per heavy atom. The lowest BCUT2D eigenvalue weighted by Gasteiger charge is -2.08. The maximum absolute atomic E-state index is 13.3. The van der Waals surface area contributed by atoms with Gasteiger partial charge in [0.15, 0.2) is 5.82 Å². The van der Waals surface area contributed by atoms with E-state index in [0.29, 0.717) is 24.2 Å². The highest BCUT2D eigenvalue weighted by molar-refractivity contribution is 6.07. The summed E-state index contributed by atoms with van der Waals surface area (Å²) >= 11 is 0. The molecular formula is C21H18FN5O3. The van der Waals surface area contributed by atoms with Crippen LogP contribution in [-0.2, 0) is 13.5 Å². The van der Waals surface area contributed by atoms with Crippen molar-refractivity contribution in [1.29, 1.82) is 0 Å². The summed E-state index contributed by atoms with van der Waals surface area (Å²) in [5, 5.41) is 15.5. The number of hydrogen-bond donors (Lipinski definition) is 2. The number of nitro benzene ring substituents is 1. The van der Waals surface area contributed by atoms with E-state index in [4.69, 9.17) is 0 Å². The molecular weight excluding hydrogens is 389 g/mol. The molecule has 0 atom stereocenters. The highest BCUT2D eigenvalue weighted by atomic mass is 19.1. The lowest BCUT2D eigenvalue weighted by molar-refractivity contribution is -0.384. The van der Waals surface area contributed by atoms with Crippen LogP contribution in [0.5, 0.6) is 0 Å². The highest BCUT2D eigenvalue weighted by Crippen LogP contribution is 2.27. The average molecular weight is 407 g/mol. The predicted octanol–water partition coefficient (Wildman–Crippen LogP) is 3.83. The van der Waals surface area contributed by atoms with Crippen LogP contribution in [0.3, 0.4) is 0 Å².